The Hall–Kier alpha value is -1.44. The molecule has 0 spiro atoms. The summed E-state index contributed by atoms with van der Waals surface area (Å²) in [6.45, 7) is 9.89. The number of benzene rings is 1. The molecule has 3 rings (SSSR count). The zero-order valence-electron chi connectivity index (χ0n) is 16.9. The number of aryl methyl sites for hydroxylation is 3. The minimum atomic E-state index is -3.52. The van der Waals surface area contributed by atoms with Crippen molar-refractivity contribution < 1.29 is 13.2 Å². The van der Waals surface area contributed by atoms with E-state index in [0.29, 0.717) is 30.8 Å². The molecule has 2 heterocycles. The summed E-state index contributed by atoms with van der Waals surface area (Å²) in [4.78, 5) is 17.4. The number of piperazine rings is 1. The molecule has 7 heteroatoms. The second-order valence-corrected chi connectivity index (χ2v) is 9.91. The molecule has 150 valence electrons. The number of carbonyl (C=O) groups is 1. The van der Waals surface area contributed by atoms with Gasteiger partial charge in [-0.05, 0) is 51.8 Å². The number of hydrogen-bond acceptors (Lipinski definition) is 4. The van der Waals surface area contributed by atoms with Crippen molar-refractivity contribution in [3.63, 3.8) is 0 Å². The standard InChI is InChI=1S/C20H31N3O3S/c1-15-13-16(2)19(17(3)14-15)27(25,26)23-7-5-18(6-8-23)20(24)22-11-9-21(4)10-12-22/h13-14,18H,5-12H2,1-4H3. The Labute approximate surface area is 163 Å². The van der Waals surface area contributed by atoms with Gasteiger partial charge in [-0.3, -0.25) is 4.79 Å². The number of piperidine rings is 1. The van der Waals surface area contributed by atoms with Crippen LogP contribution in [0.5, 0.6) is 0 Å². The highest BCUT2D eigenvalue weighted by Crippen LogP contribution is 2.29. The van der Waals surface area contributed by atoms with Gasteiger partial charge in [0, 0.05) is 45.2 Å². The summed E-state index contributed by atoms with van der Waals surface area (Å²) in [7, 11) is -1.45. The Kier molecular flexibility index (Phi) is 5.93. The third-order valence-electron chi connectivity index (χ3n) is 5.82. The van der Waals surface area contributed by atoms with E-state index in [1.807, 2.05) is 37.8 Å². The van der Waals surface area contributed by atoms with Crippen LogP contribution in [0.4, 0.5) is 0 Å². The average Bonchev–Trinajstić information content (AvgIpc) is 2.61. The lowest BCUT2D eigenvalue weighted by Crippen LogP contribution is -2.51. The van der Waals surface area contributed by atoms with Gasteiger partial charge in [0.25, 0.3) is 0 Å². The van der Waals surface area contributed by atoms with E-state index in [-0.39, 0.29) is 11.8 Å². The third-order valence-corrected chi connectivity index (χ3v) is 8.03. The summed E-state index contributed by atoms with van der Waals surface area (Å²) in [6, 6.07) is 3.84. The second-order valence-electron chi connectivity index (χ2n) is 8.03. The lowest BCUT2D eigenvalue weighted by Gasteiger charge is -2.37. The number of carbonyl (C=O) groups excluding carboxylic acids is 1. The van der Waals surface area contributed by atoms with E-state index in [4.69, 9.17) is 0 Å². The molecule has 2 aliphatic heterocycles. The zero-order chi connectivity index (χ0) is 19.8. The quantitative estimate of drug-likeness (QED) is 0.786. The molecule has 6 nitrogen and oxygen atoms in total. The fraction of sp³-hybridized carbons (Fsp3) is 0.650. The Balaban J connectivity index is 1.67. The summed E-state index contributed by atoms with van der Waals surface area (Å²) in [5, 5.41) is 0. The van der Waals surface area contributed by atoms with E-state index in [1.165, 1.54) is 0 Å². The van der Waals surface area contributed by atoms with Crippen LogP contribution in [0.25, 0.3) is 0 Å². The van der Waals surface area contributed by atoms with Crippen molar-refractivity contribution in [1.82, 2.24) is 14.1 Å². The summed E-state index contributed by atoms with van der Waals surface area (Å²) >= 11 is 0. The van der Waals surface area contributed by atoms with E-state index in [0.717, 1.165) is 42.9 Å². The average molecular weight is 394 g/mol. The van der Waals surface area contributed by atoms with E-state index >= 15 is 0 Å². The fourth-order valence-electron chi connectivity index (χ4n) is 4.33. The molecule has 0 N–H and O–H groups in total. The molecule has 0 aromatic heterocycles. The minimum Gasteiger partial charge on any atom is -0.340 e. The largest absolute Gasteiger partial charge is 0.340 e. The van der Waals surface area contributed by atoms with Gasteiger partial charge in [-0.15, -0.1) is 0 Å². The number of nitrogens with zero attached hydrogens (tertiary/aromatic N) is 3. The first-order valence-corrected chi connectivity index (χ1v) is 11.2. The van der Waals surface area contributed by atoms with Crippen LogP contribution in [0.1, 0.15) is 29.5 Å². The number of amides is 1. The molecule has 1 aromatic rings. The maximum Gasteiger partial charge on any atom is 0.243 e. The lowest BCUT2D eigenvalue weighted by molar-refractivity contribution is -0.138. The maximum atomic E-state index is 13.2. The number of likely N-dealkylation sites (N-methyl/N-ethyl adjacent to an activating group) is 1. The van der Waals surface area contributed by atoms with Crippen LogP contribution in [-0.2, 0) is 14.8 Å². The van der Waals surface area contributed by atoms with Crippen LogP contribution in [0, 0.1) is 26.7 Å². The van der Waals surface area contributed by atoms with Crippen LogP contribution in [0.2, 0.25) is 0 Å². The van der Waals surface area contributed by atoms with E-state index < -0.39 is 10.0 Å². The fourth-order valence-corrected chi connectivity index (χ4v) is 6.21. The molecule has 2 fully saturated rings. The molecule has 1 amide bonds. The van der Waals surface area contributed by atoms with Crippen molar-refractivity contribution in [3.8, 4) is 0 Å². The van der Waals surface area contributed by atoms with Crippen LogP contribution in [-0.4, -0.2) is 74.7 Å². The first-order valence-electron chi connectivity index (χ1n) is 9.75. The van der Waals surface area contributed by atoms with Crippen molar-refractivity contribution in [2.24, 2.45) is 5.92 Å². The molecule has 0 saturated carbocycles. The first-order chi connectivity index (χ1) is 12.7. The highest BCUT2D eigenvalue weighted by atomic mass is 32.2. The van der Waals surface area contributed by atoms with Crippen LogP contribution < -0.4 is 0 Å². The van der Waals surface area contributed by atoms with Gasteiger partial charge in [0.05, 0.1) is 4.90 Å². The Morgan fingerprint density at radius 2 is 1.44 bits per heavy atom. The first kappa shape index (κ1) is 20.3. The SMILES string of the molecule is Cc1cc(C)c(S(=O)(=O)N2CCC(C(=O)N3CCN(C)CC3)CC2)c(C)c1. The van der Waals surface area contributed by atoms with Gasteiger partial charge in [-0.2, -0.15) is 4.31 Å². The van der Waals surface area contributed by atoms with E-state index in [2.05, 4.69) is 11.9 Å². The molecule has 2 saturated heterocycles. The highest BCUT2D eigenvalue weighted by molar-refractivity contribution is 7.89. The van der Waals surface area contributed by atoms with Crippen molar-refractivity contribution in [3.05, 3.63) is 28.8 Å². The summed E-state index contributed by atoms with van der Waals surface area (Å²) in [5.41, 5.74) is 2.66. The van der Waals surface area contributed by atoms with Gasteiger partial charge >= 0.3 is 0 Å². The van der Waals surface area contributed by atoms with Crippen molar-refractivity contribution in [2.75, 3.05) is 46.3 Å². The molecular weight excluding hydrogens is 362 g/mol. The smallest absolute Gasteiger partial charge is 0.243 e. The summed E-state index contributed by atoms with van der Waals surface area (Å²) in [5.74, 6) is 0.142. The molecule has 0 unspecified atom stereocenters. The van der Waals surface area contributed by atoms with Crippen LogP contribution in [0.15, 0.2) is 17.0 Å². The summed E-state index contributed by atoms with van der Waals surface area (Å²) in [6.07, 6.45) is 1.21. The molecule has 2 aliphatic rings. The van der Waals surface area contributed by atoms with Gasteiger partial charge in [-0.25, -0.2) is 8.42 Å². The molecular formula is C20H31N3O3S. The summed E-state index contributed by atoms with van der Waals surface area (Å²) < 4.78 is 27.9. The van der Waals surface area contributed by atoms with Gasteiger partial charge in [-0.1, -0.05) is 17.7 Å². The highest BCUT2D eigenvalue weighted by Gasteiger charge is 2.35. The van der Waals surface area contributed by atoms with Gasteiger partial charge < -0.3 is 9.80 Å². The molecule has 0 aliphatic carbocycles. The molecule has 0 radical (unpaired) electrons. The molecule has 1 aromatic carbocycles. The van der Waals surface area contributed by atoms with Crippen molar-refractivity contribution in [1.29, 1.82) is 0 Å². The minimum absolute atomic E-state index is 0.0555. The van der Waals surface area contributed by atoms with Crippen LogP contribution in [0.3, 0.4) is 0 Å². The third kappa shape index (κ3) is 4.20. The number of sulfonamides is 1. The monoisotopic (exact) mass is 393 g/mol. The van der Waals surface area contributed by atoms with Crippen LogP contribution >= 0.6 is 0 Å². The van der Waals surface area contributed by atoms with E-state index in [9.17, 15) is 13.2 Å². The van der Waals surface area contributed by atoms with Gasteiger partial charge in [0.1, 0.15) is 0 Å². The van der Waals surface area contributed by atoms with Gasteiger partial charge in [0.15, 0.2) is 0 Å². The molecule has 0 bridgehead atoms. The second kappa shape index (κ2) is 7.89. The topological polar surface area (TPSA) is 60.9 Å². The Morgan fingerprint density at radius 1 is 0.926 bits per heavy atom. The van der Waals surface area contributed by atoms with Gasteiger partial charge in [0.2, 0.25) is 15.9 Å². The molecule has 27 heavy (non-hydrogen) atoms. The molecule has 0 atom stereocenters. The Morgan fingerprint density at radius 3 is 1.96 bits per heavy atom. The lowest BCUT2D eigenvalue weighted by atomic mass is 9.96. The van der Waals surface area contributed by atoms with Crippen molar-refractivity contribution in [2.45, 2.75) is 38.5 Å². The van der Waals surface area contributed by atoms with Crippen molar-refractivity contribution >= 4 is 15.9 Å². The zero-order valence-corrected chi connectivity index (χ0v) is 17.7. The number of hydrogen-bond donors (Lipinski definition) is 0. The predicted molar refractivity (Wildman–Crippen MR) is 106 cm³/mol. The number of rotatable bonds is 3. The maximum absolute atomic E-state index is 13.2. The predicted octanol–water partition coefficient (Wildman–Crippen LogP) is 1.79. The Bertz CT molecular complexity index is 783. The van der Waals surface area contributed by atoms with E-state index in [1.54, 1.807) is 4.31 Å². The normalized spacial score (nSPS) is 20.8.